The Balaban J connectivity index is 4.10. The van der Waals surface area contributed by atoms with Gasteiger partial charge < -0.3 is 18.9 Å². The molecule has 10 heteroatoms. The smallest absolute Gasteiger partial charge is 0.462 e. The lowest BCUT2D eigenvalue weighted by Crippen LogP contribution is -2.37. The molecule has 0 fully saturated rings. The maximum Gasteiger partial charge on any atom is 0.472 e. The molecule has 0 aliphatic heterocycles. The van der Waals surface area contributed by atoms with Crippen molar-refractivity contribution in [2.45, 2.75) is 245 Å². The molecule has 0 aliphatic carbocycles. The molecule has 0 aromatic carbocycles. The minimum Gasteiger partial charge on any atom is -0.462 e. The number of phosphoric acid groups is 1. The van der Waals surface area contributed by atoms with Crippen LogP contribution in [0.1, 0.15) is 239 Å². The van der Waals surface area contributed by atoms with Crippen molar-refractivity contribution in [3.63, 3.8) is 0 Å². The highest BCUT2D eigenvalue weighted by Crippen LogP contribution is 2.43. The summed E-state index contributed by atoms with van der Waals surface area (Å²) in [5.41, 5.74) is 0. The van der Waals surface area contributed by atoms with Gasteiger partial charge in [0.05, 0.1) is 27.7 Å². The Labute approximate surface area is 401 Å². The van der Waals surface area contributed by atoms with Gasteiger partial charge in [0.25, 0.3) is 0 Å². The Morgan fingerprint density at radius 1 is 0.477 bits per heavy atom. The van der Waals surface area contributed by atoms with Crippen LogP contribution in [0.15, 0.2) is 48.6 Å². The van der Waals surface area contributed by atoms with Crippen LogP contribution in [0.25, 0.3) is 0 Å². The van der Waals surface area contributed by atoms with Gasteiger partial charge in [-0.15, -0.1) is 0 Å². The van der Waals surface area contributed by atoms with Crippen LogP contribution in [0.5, 0.6) is 0 Å². The number of unbranched alkanes of at least 4 members (excludes halogenated alkanes) is 27. The van der Waals surface area contributed by atoms with Crippen LogP contribution in [0, 0.1) is 0 Å². The van der Waals surface area contributed by atoms with E-state index in [0.717, 1.165) is 64.2 Å². The third kappa shape index (κ3) is 51.2. The fourth-order valence-electron chi connectivity index (χ4n) is 7.37. The Morgan fingerprint density at radius 3 is 1.28 bits per heavy atom. The maximum atomic E-state index is 12.8. The number of esters is 2. The van der Waals surface area contributed by atoms with E-state index in [0.29, 0.717) is 17.4 Å². The van der Waals surface area contributed by atoms with E-state index >= 15 is 0 Å². The molecule has 1 N–H and O–H groups in total. The van der Waals surface area contributed by atoms with E-state index in [2.05, 4.69) is 62.5 Å². The van der Waals surface area contributed by atoms with Crippen molar-refractivity contribution in [2.24, 2.45) is 0 Å². The molecule has 0 aromatic rings. The van der Waals surface area contributed by atoms with Crippen molar-refractivity contribution in [1.82, 2.24) is 0 Å². The average Bonchev–Trinajstić information content (AvgIpc) is 3.26. The summed E-state index contributed by atoms with van der Waals surface area (Å²) in [6.45, 7) is 4.39. The fraction of sp³-hybridized carbons (Fsp3) is 0.818. The predicted octanol–water partition coefficient (Wildman–Crippen LogP) is 16.2. The summed E-state index contributed by atoms with van der Waals surface area (Å²) in [6.07, 6.45) is 57.5. The third-order valence-corrected chi connectivity index (χ3v) is 12.6. The quantitative estimate of drug-likeness (QED) is 0.0211. The molecule has 0 amide bonds. The summed E-state index contributed by atoms with van der Waals surface area (Å²) in [5.74, 6) is -0.805. The first-order valence-corrected chi connectivity index (χ1v) is 28.4. The van der Waals surface area contributed by atoms with Crippen molar-refractivity contribution < 1.29 is 42.1 Å². The molecule has 9 nitrogen and oxygen atoms in total. The van der Waals surface area contributed by atoms with Crippen LogP contribution in [-0.2, 0) is 32.7 Å². The standard InChI is InChI=1S/C55H102NO8P/c1-6-8-10-12-14-16-18-20-21-22-23-24-25-26-27-28-29-30-31-32-33-34-35-36-38-40-42-44-46-48-55(58)64-53(52-63-65(59,60)62-50-49-56(3,4)5)51-61-54(57)47-45-43-41-39-37-19-17-15-13-11-9-7-2/h15,17-18,20,22-23,25-26,53H,6-14,16,19,21,24,27-52H2,1-5H3/p+1/b17-15-,20-18-,23-22-,26-25-. The highest BCUT2D eigenvalue weighted by molar-refractivity contribution is 7.47. The minimum atomic E-state index is -4.38. The number of nitrogens with zero attached hydrogens (tertiary/aromatic N) is 1. The maximum absolute atomic E-state index is 12.8. The molecule has 0 bridgehead atoms. The lowest BCUT2D eigenvalue weighted by molar-refractivity contribution is -0.870. The topological polar surface area (TPSA) is 108 Å². The minimum absolute atomic E-state index is 0.0301. The van der Waals surface area contributed by atoms with Gasteiger partial charge in [0, 0.05) is 12.8 Å². The van der Waals surface area contributed by atoms with E-state index in [9.17, 15) is 19.0 Å². The SMILES string of the molecule is CCCCC/C=C\CCCCCCCC(=O)OCC(COP(=O)(O)OCC[N+](C)(C)C)OC(=O)CCCCCCCCCCCCCCCC/C=C\C/C=C\C/C=C\CCCCCCC. The van der Waals surface area contributed by atoms with Gasteiger partial charge in [0.1, 0.15) is 19.8 Å². The highest BCUT2D eigenvalue weighted by Gasteiger charge is 2.27. The molecule has 0 saturated heterocycles. The fourth-order valence-corrected chi connectivity index (χ4v) is 8.11. The molecule has 0 spiro atoms. The number of allylic oxidation sites excluding steroid dienone is 8. The third-order valence-electron chi connectivity index (χ3n) is 11.6. The molecule has 0 aliphatic rings. The molecule has 2 atom stereocenters. The van der Waals surface area contributed by atoms with Gasteiger partial charge in [0.2, 0.25) is 0 Å². The van der Waals surface area contributed by atoms with Gasteiger partial charge in [-0.05, 0) is 77.0 Å². The first-order valence-electron chi connectivity index (χ1n) is 26.9. The van der Waals surface area contributed by atoms with E-state index in [1.165, 1.54) is 141 Å². The van der Waals surface area contributed by atoms with Gasteiger partial charge >= 0.3 is 19.8 Å². The largest absolute Gasteiger partial charge is 0.472 e. The van der Waals surface area contributed by atoms with E-state index in [1.54, 1.807) is 0 Å². The summed E-state index contributed by atoms with van der Waals surface area (Å²) in [6, 6.07) is 0. The molecule has 0 aromatic heterocycles. The Hall–Kier alpha value is -2.03. The highest BCUT2D eigenvalue weighted by atomic mass is 31.2. The van der Waals surface area contributed by atoms with Crippen LogP contribution in [0.2, 0.25) is 0 Å². The van der Waals surface area contributed by atoms with E-state index in [4.69, 9.17) is 18.5 Å². The second-order valence-corrected chi connectivity index (χ2v) is 20.7. The number of carbonyl (C=O) groups excluding carboxylic acids is 2. The summed E-state index contributed by atoms with van der Waals surface area (Å²) < 4.78 is 34.4. The Kier molecular flexibility index (Phi) is 45.6. The monoisotopic (exact) mass is 937 g/mol. The lowest BCUT2D eigenvalue weighted by Gasteiger charge is -2.24. The summed E-state index contributed by atoms with van der Waals surface area (Å²) in [5, 5.41) is 0. The first kappa shape index (κ1) is 63.0. The number of ether oxygens (including phenoxy) is 2. The molecule has 65 heavy (non-hydrogen) atoms. The van der Waals surface area contributed by atoms with E-state index < -0.39 is 26.5 Å². The molecule has 0 radical (unpaired) electrons. The number of quaternary nitrogens is 1. The second-order valence-electron chi connectivity index (χ2n) is 19.3. The van der Waals surface area contributed by atoms with Gasteiger partial charge in [-0.3, -0.25) is 18.6 Å². The van der Waals surface area contributed by atoms with Gasteiger partial charge in [0.15, 0.2) is 6.10 Å². The van der Waals surface area contributed by atoms with Crippen molar-refractivity contribution in [3.05, 3.63) is 48.6 Å². The van der Waals surface area contributed by atoms with Crippen molar-refractivity contribution in [3.8, 4) is 0 Å². The number of likely N-dealkylation sites (N-methyl/N-ethyl adjacent to an activating group) is 1. The Morgan fingerprint density at radius 2 is 0.831 bits per heavy atom. The summed E-state index contributed by atoms with van der Waals surface area (Å²) in [4.78, 5) is 35.5. The molecule has 0 heterocycles. The van der Waals surface area contributed by atoms with Crippen LogP contribution in [-0.4, -0.2) is 74.9 Å². The predicted molar refractivity (Wildman–Crippen MR) is 275 cm³/mol. The van der Waals surface area contributed by atoms with Crippen LogP contribution in [0.3, 0.4) is 0 Å². The van der Waals surface area contributed by atoms with Crippen LogP contribution >= 0.6 is 7.82 Å². The number of hydrogen-bond donors (Lipinski definition) is 1. The van der Waals surface area contributed by atoms with Gasteiger partial charge in [-0.25, -0.2) is 4.57 Å². The summed E-state index contributed by atoms with van der Waals surface area (Å²) >= 11 is 0. The zero-order valence-electron chi connectivity index (χ0n) is 43.0. The number of hydrogen-bond acceptors (Lipinski definition) is 7. The summed E-state index contributed by atoms with van der Waals surface area (Å²) in [7, 11) is 1.47. The van der Waals surface area contributed by atoms with E-state index in [-0.39, 0.29) is 32.0 Å². The average molecular weight is 937 g/mol. The van der Waals surface area contributed by atoms with Crippen LogP contribution in [0.4, 0.5) is 0 Å². The molecule has 2 unspecified atom stereocenters. The Bertz CT molecular complexity index is 1240. The first-order chi connectivity index (χ1) is 31.5. The molecule has 380 valence electrons. The van der Waals surface area contributed by atoms with Crippen LogP contribution < -0.4 is 0 Å². The molecular formula is C55H103NO8P+. The molecule has 0 rings (SSSR count). The van der Waals surface area contributed by atoms with Gasteiger partial charge in [-0.1, -0.05) is 197 Å². The zero-order chi connectivity index (χ0) is 47.8. The second kappa shape index (κ2) is 47.1. The number of carbonyl (C=O) groups is 2. The normalized spacial score (nSPS) is 13.8. The van der Waals surface area contributed by atoms with Crippen molar-refractivity contribution in [2.75, 3.05) is 47.5 Å². The number of rotatable bonds is 49. The zero-order valence-corrected chi connectivity index (χ0v) is 43.9. The molecule has 0 saturated carbocycles. The lowest BCUT2D eigenvalue weighted by atomic mass is 10.0. The molecular weight excluding hydrogens is 834 g/mol. The number of phosphoric ester groups is 1. The van der Waals surface area contributed by atoms with Crippen molar-refractivity contribution >= 4 is 19.8 Å². The van der Waals surface area contributed by atoms with Crippen molar-refractivity contribution in [1.29, 1.82) is 0 Å². The van der Waals surface area contributed by atoms with Gasteiger partial charge in [-0.2, -0.15) is 0 Å². The van der Waals surface area contributed by atoms with E-state index in [1.807, 2.05) is 21.1 Å².